The van der Waals surface area contributed by atoms with Crippen molar-refractivity contribution in [2.45, 2.75) is 63.8 Å². The van der Waals surface area contributed by atoms with Gasteiger partial charge in [-0.05, 0) is 30.7 Å². The van der Waals surface area contributed by atoms with Crippen LogP contribution in [0.2, 0.25) is 0 Å². The zero-order valence-electron chi connectivity index (χ0n) is 17.3. The van der Waals surface area contributed by atoms with Crippen LogP contribution in [0.5, 0.6) is 0 Å². The fourth-order valence-electron chi connectivity index (χ4n) is 5.32. The van der Waals surface area contributed by atoms with Crippen molar-refractivity contribution in [2.75, 3.05) is 13.1 Å². The summed E-state index contributed by atoms with van der Waals surface area (Å²) in [5.74, 6) is -1.68. The van der Waals surface area contributed by atoms with E-state index < -0.39 is 35.4 Å². The quantitative estimate of drug-likeness (QED) is 0.762. The number of carbonyl (C=O) groups is 1. The standard InChI is InChI=1S/C21H26F3N3O3S/c1-14(10-21(22,23)24)17(28)26-8-7-20(30,19(11-26)5-2-3-6-19)12-27-13-25-16-15(18(27)29)4-9-31-16/h4,9,13-14,30H,2-3,5-8,10-12H2,1H3/t14-,20?/m1/s1. The van der Waals surface area contributed by atoms with Crippen LogP contribution in [0, 0.1) is 11.3 Å². The molecule has 1 aliphatic carbocycles. The summed E-state index contributed by atoms with van der Waals surface area (Å²) in [4.78, 5) is 32.0. The second-order valence-corrected chi connectivity index (χ2v) is 9.96. The number of likely N-dealkylation sites (tertiary alicyclic amines) is 1. The minimum absolute atomic E-state index is 0.0603. The monoisotopic (exact) mass is 457 g/mol. The van der Waals surface area contributed by atoms with Crippen LogP contribution in [-0.4, -0.2) is 50.3 Å². The van der Waals surface area contributed by atoms with E-state index in [0.29, 0.717) is 23.1 Å². The van der Waals surface area contributed by atoms with Gasteiger partial charge in [0.15, 0.2) is 0 Å². The Morgan fingerprint density at radius 2 is 2.03 bits per heavy atom. The Hall–Kier alpha value is -1.94. The molecule has 0 radical (unpaired) electrons. The molecule has 2 aromatic heterocycles. The predicted molar refractivity (Wildman–Crippen MR) is 111 cm³/mol. The van der Waals surface area contributed by atoms with Crippen LogP contribution in [0.15, 0.2) is 22.6 Å². The maximum Gasteiger partial charge on any atom is 0.389 e. The van der Waals surface area contributed by atoms with Gasteiger partial charge in [-0.25, -0.2) is 4.98 Å². The number of hydrogen-bond acceptors (Lipinski definition) is 5. The van der Waals surface area contributed by atoms with E-state index in [4.69, 9.17) is 0 Å². The molecule has 10 heteroatoms. The lowest BCUT2D eigenvalue weighted by atomic mass is 9.65. The van der Waals surface area contributed by atoms with Crippen molar-refractivity contribution in [3.8, 4) is 0 Å². The van der Waals surface area contributed by atoms with Crippen LogP contribution in [0.1, 0.15) is 45.4 Å². The van der Waals surface area contributed by atoms with Crippen molar-refractivity contribution in [1.82, 2.24) is 14.5 Å². The van der Waals surface area contributed by atoms with E-state index in [0.717, 1.165) is 12.8 Å². The van der Waals surface area contributed by atoms with Crippen molar-refractivity contribution in [3.05, 3.63) is 28.1 Å². The Bertz CT molecular complexity index is 1030. The third-order valence-electron chi connectivity index (χ3n) is 6.99. The maximum atomic E-state index is 12.9. The fraction of sp³-hybridized carbons (Fsp3) is 0.667. The van der Waals surface area contributed by atoms with E-state index in [1.807, 2.05) is 0 Å². The van der Waals surface area contributed by atoms with Crippen molar-refractivity contribution in [1.29, 1.82) is 0 Å². The summed E-state index contributed by atoms with van der Waals surface area (Å²) in [6.07, 6.45) is -0.797. The van der Waals surface area contributed by atoms with E-state index >= 15 is 0 Å². The van der Waals surface area contributed by atoms with Crippen molar-refractivity contribution >= 4 is 27.5 Å². The lowest BCUT2D eigenvalue weighted by Crippen LogP contribution is -2.62. The van der Waals surface area contributed by atoms with E-state index in [9.17, 15) is 27.9 Å². The first-order valence-corrected chi connectivity index (χ1v) is 11.4. The number of hydrogen-bond donors (Lipinski definition) is 1. The summed E-state index contributed by atoms with van der Waals surface area (Å²) in [6, 6.07) is 1.71. The highest BCUT2D eigenvalue weighted by molar-refractivity contribution is 7.16. The van der Waals surface area contributed by atoms with Gasteiger partial charge >= 0.3 is 6.18 Å². The van der Waals surface area contributed by atoms with Crippen LogP contribution in [0.3, 0.4) is 0 Å². The zero-order chi connectivity index (χ0) is 22.4. The maximum absolute atomic E-state index is 12.9. The van der Waals surface area contributed by atoms with Crippen molar-refractivity contribution < 1.29 is 23.1 Å². The average Bonchev–Trinajstić information content (AvgIpc) is 3.35. The summed E-state index contributed by atoms with van der Waals surface area (Å²) in [5.41, 5.74) is -2.09. The van der Waals surface area contributed by atoms with E-state index in [-0.39, 0.29) is 31.6 Å². The number of fused-ring (bicyclic) bond motifs is 1. The molecule has 2 aliphatic rings. The first-order valence-electron chi connectivity index (χ1n) is 10.5. The molecule has 1 saturated carbocycles. The Morgan fingerprint density at radius 1 is 1.32 bits per heavy atom. The molecule has 0 aromatic carbocycles. The van der Waals surface area contributed by atoms with E-state index in [2.05, 4.69) is 4.98 Å². The third kappa shape index (κ3) is 4.11. The molecule has 6 nitrogen and oxygen atoms in total. The van der Waals surface area contributed by atoms with Gasteiger partial charge in [-0.3, -0.25) is 14.2 Å². The minimum atomic E-state index is -4.40. The number of rotatable bonds is 4. The van der Waals surface area contributed by atoms with Crippen molar-refractivity contribution in [3.63, 3.8) is 0 Å². The smallest absolute Gasteiger partial charge is 0.387 e. The van der Waals surface area contributed by atoms with Crippen LogP contribution in [0.25, 0.3) is 10.2 Å². The number of halogens is 3. The van der Waals surface area contributed by atoms with Gasteiger partial charge in [0.1, 0.15) is 4.83 Å². The third-order valence-corrected chi connectivity index (χ3v) is 7.81. The Balaban J connectivity index is 1.58. The number of aliphatic hydroxyl groups is 1. The molecule has 1 spiro atoms. The average molecular weight is 458 g/mol. The molecule has 1 aliphatic heterocycles. The molecule has 1 unspecified atom stereocenters. The predicted octanol–water partition coefficient (Wildman–Crippen LogP) is 3.57. The highest BCUT2D eigenvalue weighted by atomic mass is 32.1. The highest BCUT2D eigenvalue weighted by Crippen LogP contribution is 2.51. The van der Waals surface area contributed by atoms with Gasteiger partial charge in [0.05, 0.1) is 30.3 Å². The number of piperidine rings is 1. The van der Waals surface area contributed by atoms with Gasteiger partial charge < -0.3 is 10.0 Å². The number of thiophene rings is 1. The van der Waals surface area contributed by atoms with Gasteiger partial charge in [0, 0.05) is 24.4 Å². The summed E-state index contributed by atoms with van der Waals surface area (Å²) < 4.78 is 39.7. The largest absolute Gasteiger partial charge is 0.389 e. The number of alkyl halides is 3. The number of carbonyl (C=O) groups excluding carboxylic acids is 1. The number of amides is 1. The van der Waals surface area contributed by atoms with Gasteiger partial charge in [-0.2, -0.15) is 13.2 Å². The molecule has 0 bridgehead atoms. The van der Waals surface area contributed by atoms with Gasteiger partial charge in [0.2, 0.25) is 5.91 Å². The lowest BCUT2D eigenvalue weighted by molar-refractivity contribution is -0.172. The molecule has 4 rings (SSSR count). The lowest BCUT2D eigenvalue weighted by Gasteiger charge is -2.52. The zero-order valence-corrected chi connectivity index (χ0v) is 18.1. The molecule has 3 heterocycles. The molecule has 2 atom stereocenters. The van der Waals surface area contributed by atoms with E-state index in [1.54, 1.807) is 11.4 Å². The topological polar surface area (TPSA) is 75.4 Å². The van der Waals surface area contributed by atoms with Gasteiger partial charge in [0.25, 0.3) is 5.56 Å². The molecule has 1 amide bonds. The molecular weight excluding hydrogens is 431 g/mol. The van der Waals surface area contributed by atoms with Crippen LogP contribution in [0.4, 0.5) is 13.2 Å². The summed E-state index contributed by atoms with van der Waals surface area (Å²) in [5, 5.41) is 14.0. The first kappa shape index (κ1) is 22.3. The van der Waals surface area contributed by atoms with Crippen LogP contribution in [-0.2, 0) is 11.3 Å². The Kier molecular flexibility index (Phi) is 5.66. The minimum Gasteiger partial charge on any atom is -0.387 e. The van der Waals surface area contributed by atoms with Gasteiger partial charge in [-0.1, -0.05) is 19.8 Å². The van der Waals surface area contributed by atoms with Crippen LogP contribution >= 0.6 is 11.3 Å². The Labute approximate surface area is 181 Å². The van der Waals surface area contributed by atoms with Gasteiger partial charge in [-0.15, -0.1) is 11.3 Å². The SMILES string of the molecule is C[C@H](CC(F)(F)F)C(=O)N1CCC(O)(Cn2cnc3sccc3c2=O)C2(CCCC2)C1. The molecule has 1 N–H and O–H groups in total. The summed E-state index contributed by atoms with van der Waals surface area (Å²) in [7, 11) is 0. The highest BCUT2D eigenvalue weighted by Gasteiger charge is 2.56. The molecule has 31 heavy (non-hydrogen) atoms. The number of aromatic nitrogens is 2. The second-order valence-electron chi connectivity index (χ2n) is 9.07. The second kappa shape index (κ2) is 7.88. The van der Waals surface area contributed by atoms with Crippen LogP contribution < -0.4 is 5.56 Å². The molecular formula is C21H26F3N3O3S. The summed E-state index contributed by atoms with van der Waals surface area (Å²) >= 11 is 1.37. The normalized spacial score (nSPS) is 24.7. The van der Waals surface area contributed by atoms with E-state index in [1.165, 1.54) is 34.1 Å². The fourth-order valence-corrected chi connectivity index (χ4v) is 6.04. The molecule has 1 saturated heterocycles. The van der Waals surface area contributed by atoms with Crippen molar-refractivity contribution in [2.24, 2.45) is 11.3 Å². The molecule has 2 aromatic rings. The molecule has 2 fully saturated rings. The number of nitrogens with zero attached hydrogens (tertiary/aromatic N) is 3. The first-order chi connectivity index (χ1) is 14.5. The molecule has 170 valence electrons. The summed E-state index contributed by atoms with van der Waals surface area (Å²) in [6.45, 7) is 1.75. The Morgan fingerprint density at radius 3 is 2.71 bits per heavy atom.